The van der Waals surface area contributed by atoms with Crippen molar-refractivity contribution >= 4 is 6.29 Å². The number of halogens is 3. The van der Waals surface area contributed by atoms with Crippen LogP contribution in [0.15, 0.2) is 48.5 Å². The molecule has 0 spiro atoms. The topological polar surface area (TPSA) is 26.3 Å². The monoisotopic (exact) mass is 294 g/mol. The van der Waals surface area contributed by atoms with E-state index in [2.05, 4.69) is 0 Å². The molecule has 0 saturated carbocycles. The molecule has 0 aromatic heterocycles. The lowest BCUT2D eigenvalue weighted by atomic mass is 10.1. The average molecular weight is 294 g/mol. The number of hydrogen-bond donors (Lipinski definition) is 0. The summed E-state index contributed by atoms with van der Waals surface area (Å²) in [6.45, 7) is 1.67. The van der Waals surface area contributed by atoms with Crippen LogP contribution >= 0.6 is 0 Å². The summed E-state index contributed by atoms with van der Waals surface area (Å²) in [5.41, 5.74) is -0.220. The molecule has 2 aromatic carbocycles. The number of benzene rings is 2. The number of carbonyl (C=O) groups excluding carboxylic acids is 1. The molecule has 0 bridgehead atoms. The molecule has 110 valence electrons. The SMILES string of the molecule is CC(Oc1ccc(C=O)cc1C(F)(F)F)c1ccccc1. The Labute approximate surface area is 120 Å². The molecule has 0 aliphatic rings. The lowest BCUT2D eigenvalue weighted by Crippen LogP contribution is -2.11. The maximum absolute atomic E-state index is 13.0. The summed E-state index contributed by atoms with van der Waals surface area (Å²) in [4.78, 5) is 10.6. The van der Waals surface area contributed by atoms with Crippen molar-refractivity contribution < 1.29 is 22.7 Å². The third-order valence-electron chi connectivity index (χ3n) is 3.02. The Morgan fingerprint density at radius 1 is 1.10 bits per heavy atom. The average Bonchev–Trinajstić information content (AvgIpc) is 2.47. The van der Waals surface area contributed by atoms with Gasteiger partial charge < -0.3 is 4.74 Å². The fourth-order valence-corrected chi connectivity index (χ4v) is 1.93. The molecule has 1 unspecified atom stereocenters. The van der Waals surface area contributed by atoms with Crippen LogP contribution in [0.3, 0.4) is 0 Å². The molecule has 0 N–H and O–H groups in total. The molecule has 1 atom stereocenters. The van der Waals surface area contributed by atoms with Crippen molar-refractivity contribution in [1.82, 2.24) is 0 Å². The van der Waals surface area contributed by atoms with Gasteiger partial charge in [-0.25, -0.2) is 0 Å². The van der Waals surface area contributed by atoms with Crippen molar-refractivity contribution in [1.29, 1.82) is 0 Å². The van der Waals surface area contributed by atoms with Crippen LogP contribution in [-0.2, 0) is 6.18 Å². The summed E-state index contributed by atoms with van der Waals surface area (Å²) in [6, 6.07) is 12.2. The van der Waals surface area contributed by atoms with Crippen molar-refractivity contribution in [2.24, 2.45) is 0 Å². The Balaban J connectivity index is 2.33. The quantitative estimate of drug-likeness (QED) is 0.767. The van der Waals surface area contributed by atoms with Crippen LogP contribution in [0.2, 0.25) is 0 Å². The number of alkyl halides is 3. The normalized spacial score (nSPS) is 12.8. The molecule has 2 nitrogen and oxygen atoms in total. The van der Waals surface area contributed by atoms with Crippen LogP contribution in [-0.4, -0.2) is 6.29 Å². The summed E-state index contributed by atoms with van der Waals surface area (Å²) in [7, 11) is 0. The van der Waals surface area contributed by atoms with E-state index in [0.29, 0.717) is 6.29 Å². The third-order valence-corrected chi connectivity index (χ3v) is 3.02. The van der Waals surface area contributed by atoms with E-state index in [0.717, 1.165) is 11.6 Å². The number of carbonyl (C=O) groups is 1. The fourth-order valence-electron chi connectivity index (χ4n) is 1.93. The zero-order chi connectivity index (χ0) is 15.5. The molecule has 0 heterocycles. The van der Waals surface area contributed by atoms with Gasteiger partial charge in [0.25, 0.3) is 0 Å². The number of aldehydes is 1. The molecule has 0 amide bonds. The summed E-state index contributed by atoms with van der Waals surface area (Å²) in [5.74, 6) is -0.288. The van der Waals surface area contributed by atoms with Gasteiger partial charge in [-0.2, -0.15) is 13.2 Å². The molecular weight excluding hydrogens is 281 g/mol. The van der Waals surface area contributed by atoms with Gasteiger partial charge in [0.2, 0.25) is 0 Å². The second kappa shape index (κ2) is 5.99. The predicted molar refractivity (Wildman–Crippen MR) is 72.3 cm³/mol. The predicted octanol–water partition coefficient (Wildman–Crippen LogP) is 4.66. The van der Waals surface area contributed by atoms with Crippen LogP contribution in [0, 0.1) is 0 Å². The number of ether oxygens (including phenoxy) is 1. The highest BCUT2D eigenvalue weighted by molar-refractivity contribution is 5.75. The number of hydrogen-bond acceptors (Lipinski definition) is 2. The standard InChI is InChI=1S/C16H13F3O2/c1-11(13-5-3-2-4-6-13)21-15-8-7-12(10-20)9-14(15)16(17,18)19/h2-11H,1H3. The van der Waals surface area contributed by atoms with Crippen LogP contribution in [0.5, 0.6) is 5.75 Å². The molecule has 2 aromatic rings. The van der Waals surface area contributed by atoms with Crippen molar-refractivity contribution in [2.45, 2.75) is 19.2 Å². The first-order valence-electron chi connectivity index (χ1n) is 6.30. The molecule has 5 heteroatoms. The van der Waals surface area contributed by atoms with Crippen molar-refractivity contribution in [3.63, 3.8) is 0 Å². The minimum Gasteiger partial charge on any atom is -0.485 e. The van der Waals surface area contributed by atoms with E-state index in [1.54, 1.807) is 31.2 Å². The number of rotatable bonds is 4. The van der Waals surface area contributed by atoms with Gasteiger partial charge >= 0.3 is 6.18 Å². The Morgan fingerprint density at radius 3 is 2.33 bits per heavy atom. The molecule has 0 saturated heterocycles. The lowest BCUT2D eigenvalue weighted by molar-refractivity contribution is -0.139. The van der Waals surface area contributed by atoms with E-state index in [1.165, 1.54) is 12.1 Å². The highest BCUT2D eigenvalue weighted by Gasteiger charge is 2.35. The Hall–Kier alpha value is -2.30. The summed E-state index contributed by atoms with van der Waals surface area (Å²) >= 11 is 0. The van der Waals surface area contributed by atoms with E-state index in [-0.39, 0.29) is 11.3 Å². The van der Waals surface area contributed by atoms with Gasteiger partial charge in [0.15, 0.2) is 0 Å². The molecular formula is C16H13F3O2. The van der Waals surface area contributed by atoms with Gasteiger partial charge in [-0.3, -0.25) is 4.79 Å². The highest BCUT2D eigenvalue weighted by Crippen LogP contribution is 2.38. The van der Waals surface area contributed by atoms with Crippen molar-refractivity contribution in [3.8, 4) is 5.75 Å². The smallest absolute Gasteiger partial charge is 0.419 e. The minimum absolute atomic E-state index is 0.0398. The maximum atomic E-state index is 13.0. The Bertz CT molecular complexity index is 621. The largest absolute Gasteiger partial charge is 0.485 e. The zero-order valence-corrected chi connectivity index (χ0v) is 11.2. The molecule has 0 aliphatic carbocycles. The molecule has 2 rings (SSSR count). The van der Waals surface area contributed by atoms with E-state index < -0.39 is 17.8 Å². The van der Waals surface area contributed by atoms with Crippen molar-refractivity contribution in [3.05, 3.63) is 65.2 Å². The summed E-state index contributed by atoms with van der Waals surface area (Å²) in [5, 5.41) is 0. The Kier molecular flexibility index (Phi) is 4.31. The van der Waals surface area contributed by atoms with Crippen molar-refractivity contribution in [2.75, 3.05) is 0 Å². The van der Waals surface area contributed by atoms with Gasteiger partial charge in [-0.05, 0) is 30.7 Å². The molecule has 0 fully saturated rings. The first-order valence-corrected chi connectivity index (χ1v) is 6.30. The van der Waals surface area contributed by atoms with Crippen LogP contribution in [0.25, 0.3) is 0 Å². The van der Waals surface area contributed by atoms with Gasteiger partial charge in [-0.1, -0.05) is 30.3 Å². The second-order valence-corrected chi connectivity index (χ2v) is 4.54. The minimum atomic E-state index is -4.58. The Morgan fingerprint density at radius 2 is 1.76 bits per heavy atom. The first-order chi connectivity index (χ1) is 9.91. The van der Waals surface area contributed by atoms with Crippen LogP contribution < -0.4 is 4.74 Å². The molecule has 21 heavy (non-hydrogen) atoms. The summed E-state index contributed by atoms with van der Waals surface area (Å²) in [6.07, 6.45) is -4.74. The van der Waals surface area contributed by atoms with Gasteiger partial charge in [0, 0.05) is 5.56 Å². The second-order valence-electron chi connectivity index (χ2n) is 4.54. The molecule has 0 radical (unpaired) electrons. The summed E-state index contributed by atoms with van der Waals surface area (Å²) < 4.78 is 44.5. The van der Waals surface area contributed by atoms with Gasteiger partial charge in [0.05, 0.1) is 5.56 Å². The van der Waals surface area contributed by atoms with Crippen LogP contribution in [0.1, 0.15) is 34.5 Å². The third kappa shape index (κ3) is 3.62. The van der Waals surface area contributed by atoms with Crippen LogP contribution in [0.4, 0.5) is 13.2 Å². The lowest BCUT2D eigenvalue weighted by Gasteiger charge is -2.19. The van der Waals surface area contributed by atoms with Gasteiger partial charge in [0.1, 0.15) is 18.1 Å². The van der Waals surface area contributed by atoms with E-state index in [9.17, 15) is 18.0 Å². The zero-order valence-electron chi connectivity index (χ0n) is 11.2. The van der Waals surface area contributed by atoms with Gasteiger partial charge in [-0.15, -0.1) is 0 Å². The van der Waals surface area contributed by atoms with E-state index >= 15 is 0 Å². The van der Waals surface area contributed by atoms with E-state index in [4.69, 9.17) is 4.74 Å². The highest BCUT2D eigenvalue weighted by atomic mass is 19.4. The van der Waals surface area contributed by atoms with E-state index in [1.807, 2.05) is 6.07 Å². The fraction of sp³-hybridized carbons (Fsp3) is 0.188. The molecule has 0 aliphatic heterocycles. The maximum Gasteiger partial charge on any atom is 0.419 e. The first kappa shape index (κ1) is 15.1.